The second-order valence-corrected chi connectivity index (χ2v) is 6.51. The first-order valence-corrected chi connectivity index (χ1v) is 8.00. The van der Waals surface area contributed by atoms with Crippen molar-refractivity contribution in [1.29, 1.82) is 0 Å². The highest BCUT2D eigenvalue weighted by Gasteiger charge is 2.32. The normalized spacial score (nSPS) is 20.8. The number of hydrogen-bond donors (Lipinski definition) is 1. The highest BCUT2D eigenvalue weighted by atomic mass is 32.2. The minimum atomic E-state index is -0.724. The van der Waals surface area contributed by atoms with Crippen LogP contribution in [0.4, 0.5) is 0 Å². The number of benzene rings is 1. The van der Waals surface area contributed by atoms with Gasteiger partial charge < -0.3 is 5.32 Å². The third-order valence-corrected chi connectivity index (χ3v) is 4.17. The summed E-state index contributed by atoms with van der Waals surface area (Å²) in [6, 6.07) is 11.4. The lowest BCUT2D eigenvalue weighted by molar-refractivity contribution is 0.438. The fraction of sp³-hybridized carbons (Fsp3) is 0.571. The van der Waals surface area contributed by atoms with Gasteiger partial charge in [-0.05, 0) is 31.2 Å². The zero-order valence-corrected chi connectivity index (χ0v) is 11.4. The molecule has 0 radical (unpaired) electrons. The Labute approximate surface area is 106 Å². The van der Waals surface area contributed by atoms with Crippen molar-refractivity contribution in [1.82, 2.24) is 5.32 Å². The van der Waals surface area contributed by atoms with Gasteiger partial charge in [0.05, 0.1) is 0 Å². The molecule has 1 saturated carbocycles. The first-order chi connectivity index (χ1) is 8.16. The van der Waals surface area contributed by atoms with E-state index in [1.54, 1.807) is 6.26 Å². The van der Waals surface area contributed by atoms with Gasteiger partial charge in [-0.2, -0.15) is 0 Å². The Morgan fingerprint density at radius 1 is 1.35 bits per heavy atom. The summed E-state index contributed by atoms with van der Waals surface area (Å²) >= 11 is 0. The van der Waals surface area contributed by atoms with Crippen LogP contribution in [0.25, 0.3) is 0 Å². The van der Waals surface area contributed by atoms with E-state index in [0.717, 1.165) is 11.7 Å². The molecular formula is C14H21NOS. The van der Waals surface area contributed by atoms with Crippen LogP contribution in [0.15, 0.2) is 30.3 Å². The molecule has 1 N–H and O–H groups in total. The Morgan fingerprint density at radius 3 is 2.53 bits per heavy atom. The van der Waals surface area contributed by atoms with Gasteiger partial charge in [-0.25, -0.2) is 0 Å². The van der Waals surface area contributed by atoms with Crippen LogP contribution in [-0.2, 0) is 10.8 Å². The molecule has 0 aliphatic heterocycles. The van der Waals surface area contributed by atoms with Crippen LogP contribution in [0, 0.1) is 5.92 Å². The summed E-state index contributed by atoms with van der Waals surface area (Å²) in [5.41, 5.74) is 1.36. The molecule has 0 spiro atoms. The fourth-order valence-electron chi connectivity index (χ4n) is 2.30. The third-order valence-electron chi connectivity index (χ3n) is 3.20. The SMILES string of the molecule is CC(CS(C)=O)NC(c1ccccc1)C1CC1. The predicted molar refractivity (Wildman–Crippen MR) is 73.4 cm³/mol. The molecular weight excluding hydrogens is 230 g/mol. The van der Waals surface area contributed by atoms with Gasteiger partial charge in [-0.1, -0.05) is 30.3 Å². The van der Waals surface area contributed by atoms with Crippen molar-refractivity contribution in [3.63, 3.8) is 0 Å². The van der Waals surface area contributed by atoms with E-state index >= 15 is 0 Å². The van der Waals surface area contributed by atoms with E-state index in [1.807, 2.05) is 0 Å². The van der Waals surface area contributed by atoms with Gasteiger partial charge in [0.15, 0.2) is 0 Å². The molecule has 3 unspecified atom stereocenters. The number of nitrogens with one attached hydrogen (secondary N) is 1. The van der Waals surface area contributed by atoms with Gasteiger partial charge in [0.2, 0.25) is 0 Å². The summed E-state index contributed by atoms with van der Waals surface area (Å²) in [6.07, 6.45) is 4.40. The fourth-order valence-corrected chi connectivity index (χ4v) is 3.10. The molecule has 2 rings (SSSR count). The van der Waals surface area contributed by atoms with Crippen molar-refractivity contribution in [2.24, 2.45) is 5.92 Å². The first kappa shape index (κ1) is 12.8. The highest BCUT2D eigenvalue weighted by Crippen LogP contribution is 2.41. The maximum atomic E-state index is 11.2. The molecule has 0 bridgehead atoms. The molecule has 3 heteroatoms. The molecule has 0 heterocycles. The Morgan fingerprint density at radius 2 is 2.00 bits per heavy atom. The van der Waals surface area contributed by atoms with Crippen LogP contribution in [0.1, 0.15) is 31.4 Å². The standard InChI is InChI=1S/C14H21NOS/c1-11(10-17(2)16)15-14(13-8-9-13)12-6-4-3-5-7-12/h3-7,11,13-15H,8-10H2,1-2H3. The maximum absolute atomic E-state index is 11.2. The number of rotatable bonds is 6. The zero-order valence-electron chi connectivity index (χ0n) is 10.6. The molecule has 2 nitrogen and oxygen atoms in total. The second kappa shape index (κ2) is 5.78. The molecule has 94 valence electrons. The van der Waals surface area contributed by atoms with E-state index in [9.17, 15) is 4.21 Å². The molecule has 0 amide bonds. The summed E-state index contributed by atoms with van der Waals surface area (Å²) in [5, 5.41) is 3.63. The Balaban J connectivity index is 2.01. The van der Waals surface area contributed by atoms with Crippen LogP contribution in [0.2, 0.25) is 0 Å². The average Bonchev–Trinajstić information content (AvgIpc) is 3.10. The quantitative estimate of drug-likeness (QED) is 0.841. The molecule has 1 aromatic carbocycles. The summed E-state index contributed by atoms with van der Waals surface area (Å²) in [5.74, 6) is 1.50. The van der Waals surface area contributed by atoms with Crippen molar-refractivity contribution in [3.8, 4) is 0 Å². The van der Waals surface area contributed by atoms with Gasteiger partial charge in [0.1, 0.15) is 0 Å². The molecule has 0 aromatic heterocycles. The molecule has 0 saturated heterocycles. The average molecular weight is 251 g/mol. The van der Waals surface area contributed by atoms with Crippen LogP contribution in [-0.4, -0.2) is 22.3 Å². The largest absolute Gasteiger partial charge is 0.306 e. The summed E-state index contributed by atoms with van der Waals surface area (Å²) in [6.45, 7) is 2.12. The van der Waals surface area contributed by atoms with Crippen molar-refractivity contribution in [2.75, 3.05) is 12.0 Å². The van der Waals surface area contributed by atoms with Crippen molar-refractivity contribution in [2.45, 2.75) is 31.8 Å². The van der Waals surface area contributed by atoms with Crippen LogP contribution in [0.3, 0.4) is 0 Å². The van der Waals surface area contributed by atoms with Crippen molar-refractivity contribution < 1.29 is 4.21 Å². The second-order valence-electron chi connectivity index (χ2n) is 5.03. The maximum Gasteiger partial charge on any atom is 0.0383 e. The van der Waals surface area contributed by atoms with Crippen LogP contribution in [0.5, 0.6) is 0 Å². The molecule has 1 aromatic rings. The third kappa shape index (κ3) is 3.93. The minimum Gasteiger partial charge on any atom is -0.306 e. The number of hydrogen-bond acceptors (Lipinski definition) is 2. The first-order valence-electron chi connectivity index (χ1n) is 6.28. The lowest BCUT2D eigenvalue weighted by Crippen LogP contribution is -2.35. The van der Waals surface area contributed by atoms with Gasteiger partial charge in [0.25, 0.3) is 0 Å². The molecule has 3 atom stereocenters. The van der Waals surface area contributed by atoms with Crippen LogP contribution >= 0.6 is 0 Å². The summed E-state index contributed by atoms with van der Waals surface area (Å²) in [4.78, 5) is 0. The van der Waals surface area contributed by atoms with Gasteiger partial charge >= 0.3 is 0 Å². The smallest absolute Gasteiger partial charge is 0.0383 e. The zero-order chi connectivity index (χ0) is 12.3. The minimum absolute atomic E-state index is 0.312. The van der Waals surface area contributed by atoms with Gasteiger partial charge in [-0.3, -0.25) is 4.21 Å². The summed E-state index contributed by atoms with van der Waals surface area (Å²) in [7, 11) is -0.724. The van der Waals surface area contributed by atoms with Crippen molar-refractivity contribution >= 4 is 10.8 Å². The van der Waals surface area contributed by atoms with E-state index < -0.39 is 10.8 Å². The van der Waals surface area contributed by atoms with E-state index in [-0.39, 0.29) is 0 Å². The highest BCUT2D eigenvalue weighted by molar-refractivity contribution is 7.84. The molecule has 1 aliphatic rings. The van der Waals surface area contributed by atoms with E-state index in [0.29, 0.717) is 12.1 Å². The Kier molecular flexibility index (Phi) is 4.35. The summed E-state index contributed by atoms with van der Waals surface area (Å²) < 4.78 is 11.2. The molecule has 1 fully saturated rings. The van der Waals surface area contributed by atoms with E-state index in [2.05, 4.69) is 42.6 Å². The van der Waals surface area contributed by atoms with E-state index in [1.165, 1.54) is 18.4 Å². The predicted octanol–water partition coefficient (Wildman–Crippen LogP) is 2.49. The van der Waals surface area contributed by atoms with Gasteiger partial charge in [-0.15, -0.1) is 0 Å². The molecule has 17 heavy (non-hydrogen) atoms. The lowest BCUT2D eigenvalue weighted by Gasteiger charge is -2.23. The monoisotopic (exact) mass is 251 g/mol. The Hall–Kier alpha value is -0.670. The van der Waals surface area contributed by atoms with Crippen molar-refractivity contribution in [3.05, 3.63) is 35.9 Å². The van der Waals surface area contributed by atoms with Crippen LogP contribution < -0.4 is 5.32 Å². The lowest BCUT2D eigenvalue weighted by atomic mass is 10.0. The molecule has 1 aliphatic carbocycles. The van der Waals surface area contributed by atoms with Gasteiger partial charge in [0, 0.05) is 34.9 Å². The van der Waals surface area contributed by atoms with E-state index in [4.69, 9.17) is 0 Å². The topological polar surface area (TPSA) is 29.1 Å². The Bertz CT molecular complexity index is 375.